The van der Waals surface area contributed by atoms with Gasteiger partial charge in [-0.3, -0.25) is 4.79 Å². The lowest BCUT2D eigenvalue weighted by Crippen LogP contribution is -2.28. The van der Waals surface area contributed by atoms with Gasteiger partial charge in [0.15, 0.2) is 5.66 Å². The van der Waals surface area contributed by atoms with Crippen molar-refractivity contribution in [3.8, 4) is 12.3 Å². The van der Waals surface area contributed by atoms with Crippen LogP contribution in [0.25, 0.3) is 0 Å². The van der Waals surface area contributed by atoms with Crippen LogP contribution in [0.3, 0.4) is 0 Å². The second kappa shape index (κ2) is 9.70. The Bertz CT molecular complexity index is 942. The molecular formula is C23H25N5O2. The molecular weight excluding hydrogens is 378 g/mol. The SMILES string of the molecule is C#CCCC1(CCC(=O)NC(C)c2ccc(NC(=O)Nc3ccccc3)cc2)N=N1. The van der Waals surface area contributed by atoms with E-state index in [4.69, 9.17) is 6.42 Å². The molecule has 3 rings (SSSR count). The Kier molecular flexibility index (Phi) is 6.81. The molecule has 3 amide bonds. The van der Waals surface area contributed by atoms with Gasteiger partial charge in [-0.15, -0.1) is 12.3 Å². The highest BCUT2D eigenvalue weighted by atomic mass is 16.2. The number of anilines is 2. The van der Waals surface area contributed by atoms with Crippen molar-refractivity contribution < 1.29 is 9.59 Å². The van der Waals surface area contributed by atoms with Gasteiger partial charge in [0.1, 0.15) is 0 Å². The predicted octanol–water partition coefficient (Wildman–Crippen LogP) is 4.86. The summed E-state index contributed by atoms with van der Waals surface area (Å²) in [6.07, 6.45) is 7.51. The van der Waals surface area contributed by atoms with E-state index in [1.807, 2.05) is 49.4 Å². The van der Waals surface area contributed by atoms with Gasteiger partial charge in [-0.25, -0.2) is 4.79 Å². The number of nitrogens with one attached hydrogen (secondary N) is 3. The summed E-state index contributed by atoms with van der Waals surface area (Å²) in [5.41, 5.74) is 1.88. The smallest absolute Gasteiger partial charge is 0.323 e. The van der Waals surface area contributed by atoms with E-state index in [0.29, 0.717) is 31.4 Å². The Morgan fingerprint density at radius 2 is 1.63 bits per heavy atom. The molecule has 2 aromatic carbocycles. The van der Waals surface area contributed by atoms with Crippen molar-refractivity contribution >= 4 is 23.3 Å². The van der Waals surface area contributed by atoms with Crippen LogP contribution in [-0.4, -0.2) is 17.6 Å². The van der Waals surface area contributed by atoms with Crippen LogP contribution in [0.15, 0.2) is 64.8 Å². The molecule has 0 spiro atoms. The summed E-state index contributed by atoms with van der Waals surface area (Å²) in [6.45, 7) is 1.92. The summed E-state index contributed by atoms with van der Waals surface area (Å²) in [5, 5.41) is 16.6. The zero-order valence-corrected chi connectivity index (χ0v) is 16.9. The maximum absolute atomic E-state index is 12.3. The zero-order valence-electron chi connectivity index (χ0n) is 16.9. The van der Waals surface area contributed by atoms with E-state index in [1.165, 1.54) is 0 Å². The fourth-order valence-corrected chi connectivity index (χ4v) is 3.05. The Hall–Kier alpha value is -3.66. The minimum Gasteiger partial charge on any atom is -0.350 e. The van der Waals surface area contributed by atoms with Crippen molar-refractivity contribution in [3.63, 3.8) is 0 Å². The molecule has 7 heteroatoms. The van der Waals surface area contributed by atoms with Gasteiger partial charge in [0.2, 0.25) is 5.91 Å². The van der Waals surface area contributed by atoms with Crippen LogP contribution >= 0.6 is 0 Å². The van der Waals surface area contributed by atoms with E-state index in [1.54, 1.807) is 12.1 Å². The molecule has 3 N–H and O–H groups in total. The first-order valence-corrected chi connectivity index (χ1v) is 9.90. The molecule has 0 radical (unpaired) electrons. The molecule has 0 aromatic heterocycles. The van der Waals surface area contributed by atoms with Crippen LogP contribution in [-0.2, 0) is 4.79 Å². The molecule has 1 unspecified atom stereocenters. The van der Waals surface area contributed by atoms with Crippen molar-refractivity contribution in [1.82, 2.24) is 5.32 Å². The normalized spacial score (nSPS) is 14.3. The van der Waals surface area contributed by atoms with E-state index in [0.717, 1.165) is 11.3 Å². The molecule has 30 heavy (non-hydrogen) atoms. The number of terminal acetylenes is 1. The molecule has 0 saturated carbocycles. The molecule has 1 aliphatic rings. The summed E-state index contributed by atoms with van der Waals surface area (Å²) in [5.74, 6) is 2.53. The van der Waals surface area contributed by atoms with Crippen molar-refractivity contribution in [2.45, 2.75) is 44.3 Å². The van der Waals surface area contributed by atoms with E-state index < -0.39 is 5.66 Å². The molecule has 0 saturated heterocycles. The van der Waals surface area contributed by atoms with E-state index in [9.17, 15) is 9.59 Å². The predicted molar refractivity (Wildman–Crippen MR) is 117 cm³/mol. The van der Waals surface area contributed by atoms with Crippen molar-refractivity contribution in [2.75, 3.05) is 10.6 Å². The number of carbonyl (C=O) groups is 2. The highest BCUT2D eigenvalue weighted by Gasteiger charge is 2.39. The summed E-state index contributed by atoms with van der Waals surface area (Å²) >= 11 is 0. The maximum atomic E-state index is 12.3. The molecule has 0 aliphatic carbocycles. The highest BCUT2D eigenvalue weighted by molar-refractivity contribution is 5.99. The molecule has 1 atom stereocenters. The lowest BCUT2D eigenvalue weighted by molar-refractivity contribution is -0.122. The van der Waals surface area contributed by atoms with Gasteiger partial charge in [-0.2, -0.15) is 10.2 Å². The van der Waals surface area contributed by atoms with Gasteiger partial charge in [0, 0.05) is 37.1 Å². The monoisotopic (exact) mass is 403 g/mol. The molecule has 1 heterocycles. The van der Waals surface area contributed by atoms with Gasteiger partial charge in [-0.05, 0) is 36.8 Å². The minimum atomic E-state index is -0.444. The maximum Gasteiger partial charge on any atom is 0.323 e. The van der Waals surface area contributed by atoms with Crippen LogP contribution in [0.1, 0.15) is 44.2 Å². The number of rotatable bonds is 9. The number of para-hydroxylation sites is 1. The summed E-state index contributed by atoms with van der Waals surface area (Å²) in [4.78, 5) is 24.3. The number of hydrogen-bond acceptors (Lipinski definition) is 4. The third-order valence-electron chi connectivity index (χ3n) is 4.88. The van der Waals surface area contributed by atoms with E-state index in [-0.39, 0.29) is 18.0 Å². The highest BCUT2D eigenvalue weighted by Crippen LogP contribution is 2.37. The molecule has 0 bridgehead atoms. The van der Waals surface area contributed by atoms with E-state index >= 15 is 0 Å². The molecule has 1 aliphatic heterocycles. The second-order valence-electron chi connectivity index (χ2n) is 7.24. The van der Waals surface area contributed by atoms with Crippen molar-refractivity contribution in [1.29, 1.82) is 0 Å². The van der Waals surface area contributed by atoms with Crippen molar-refractivity contribution in [2.24, 2.45) is 10.2 Å². The Morgan fingerprint density at radius 1 is 1.00 bits per heavy atom. The zero-order chi connectivity index (χ0) is 21.4. The average molecular weight is 403 g/mol. The van der Waals surface area contributed by atoms with Crippen LogP contribution in [0.2, 0.25) is 0 Å². The van der Waals surface area contributed by atoms with E-state index in [2.05, 4.69) is 32.1 Å². The van der Waals surface area contributed by atoms with Gasteiger partial charge in [0.05, 0.1) is 6.04 Å². The number of hydrogen-bond donors (Lipinski definition) is 3. The van der Waals surface area contributed by atoms with Gasteiger partial charge < -0.3 is 16.0 Å². The minimum absolute atomic E-state index is 0.0516. The topological polar surface area (TPSA) is 95.0 Å². The molecule has 0 fully saturated rings. The third-order valence-corrected chi connectivity index (χ3v) is 4.88. The Morgan fingerprint density at radius 3 is 2.23 bits per heavy atom. The number of amides is 3. The van der Waals surface area contributed by atoms with Crippen LogP contribution < -0.4 is 16.0 Å². The number of urea groups is 1. The van der Waals surface area contributed by atoms with Gasteiger partial charge in [0.25, 0.3) is 0 Å². The fraction of sp³-hybridized carbons (Fsp3) is 0.304. The first-order chi connectivity index (χ1) is 14.5. The first kappa shape index (κ1) is 21.1. The Balaban J connectivity index is 1.44. The molecule has 154 valence electrons. The van der Waals surface area contributed by atoms with Crippen LogP contribution in [0, 0.1) is 12.3 Å². The lowest BCUT2D eigenvalue weighted by atomic mass is 10.0. The number of nitrogens with zero attached hydrogens (tertiary/aromatic N) is 2. The quantitative estimate of drug-likeness (QED) is 0.521. The summed E-state index contributed by atoms with van der Waals surface area (Å²) in [6, 6.07) is 16.1. The second-order valence-corrected chi connectivity index (χ2v) is 7.24. The van der Waals surface area contributed by atoms with Crippen molar-refractivity contribution in [3.05, 3.63) is 60.2 Å². The largest absolute Gasteiger partial charge is 0.350 e. The van der Waals surface area contributed by atoms with Gasteiger partial charge >= 0.3 is 6.03 Å². The molecule has 2 aromatic rings. The summed E-state index contributed by atoms with van der Waals surface area (Å²) < 4.78 is 0. The summed E-state index contributed by atoms with van der Waals surface area (Å²) in [7, 11) is 0. The van der Waals surface area contributed by atoms with Gasteiger partial charge in [-0.1, -0.05) is 30.3 Å². The standard InChI is InChI=1S/C23H25N5O2/c1-3-4-15-23(27-28-23)16-14-21(29)24-17(2)18-10-12-20(13-11-18)26-22(30)25-19-8-6-5-7-9-19/h1,5-13,17H,4,14-16H2,2H3,(H,24,29)(H2,25,26,30). The average Bonchev–Trinajstić information content (AvgIpc) is 3.52. The lowest BCUT2D eigenvalue weighted by Gasteiger charge is -2.16. The number of benzene rings is 2. The van der Waals surface area contributed by atoms with Crippen LogP contribution in [0.5, 0.6) is 0 Å². The third kappa shape index (κ3) is 6.17. The Labute approximate surface area is 176 Å². The first-order valence-electron chi connectivity index (χ1n) is 9.90. The fourth-order valence-electron chi connectivity index (χ4n) is 3.05. The number of carbonyl (C=O) groups excluding carboxylic acids is 2. The molecule has 7 nitrogen and oxygen atoms in total. The van der Waals surface area contributed by atoms with Crippen LogP contribution in [0.4, 0.5) is 16.2 Å².